The average Bonchev–Trinajstić information content (AvgIpc) is 3.08. The van der Waals surface area contributed by atoms with Crippen LogP contribution in [0, 0.1) is 5.92 Å². The summed E-state index contributed by atoms with van der Waals surface area (Å²) in [7, 11) is 1.92. The minimum absolute atomic E-state index is 0.215. The van der Waals surface area contributed by atoms with Crippen molar-refractivity contribution in [3.05, 3.63) is 18.6 Å². The van der Waals surface area contributed by atoms with Crippen LogP contribution >= 0.6 is 0 Å². The van der Waals surface area contributed by atoms with Crippen LogP contribution in [0.5, 0.6) is 0 Å². The van der Waals surface area contributed by atoms with E-state index in [1.807, 2.05) is 29.5 Å². The molecule has 7 nitrogen and oxygen atoms in total. The lowest BCUT2D eigenvalue weighted by molar-refractivity contribution is -0.141. The van der Waals surface area contributed by atoms with E-state index in [0.29, 0.717) is 13.2 Å². The Kier molecular flexibility index (Phi) is 3.50. The minimum Gasteiger partial charge on any atom is -0.481 e. The lowest BCUT2D eigenvalue weighted by Gasteiger charge is -2.30. The van der Waals surface area contributed by atoms with Gasteiger partial charge in [0.15, 0.2) is 5.82 Å². The van der Waals surface area contributed by atoms with E-state index in [1.54, 1.807) is 12.5 Å². The van der Waals surface area contributed by atoms with Crippen LogP contribution in [-0.2, 0) is 16.6 Å². The Morgan fingerprint density at radius 1 is 1.52 bits per heavy atom. The molecule has 3 heterocycles. The molecule has 112 valence electrons. The molecule has 21 heavy (non-hydrogen) atoms. The van der Waals surface area contributed by atoms with E-state index in [4.69, 9.17) is 4.74 Å². The van der Waals surface area contributed by atoms with Crippen molar-refractivity contribution >= 4 is 22.8 Å². The molecule has 2 aromatic rings. The number of aryl methyl sites for hydroxylation is 1. The van der Waals surface area contributed by atoms with Crippen LogP contribution < -0.4 is 4.90 Å². The Labute approximate surface area is 122 Å². The first-order valence-electron chi connectivity index (χ1n) is 6.96. The Morgan fingerprint density at radius 3 is 3.05 bits per heavy atom. The van der Waals surface area contributed by atoms with Gasteiger partial charge in [0, 0.05) is 19.8 Å². The molecular weight excluding hydrogens is 272 g/mol. The van der Waals surface area contributed by atoms with Crippen molar-refractivity contribution < 1.29 is 14.6 Å². The van der Waals surface area contributed by atoms with Gasteiger partial charge in [-0.05, 0) is 13.0 Å². The third-order valence-electron chi connectivity index (χ3n) is 4.00. The van der Waals surface area contributed by atoms with E-state index in [2.05, 4.69) is 9.97 Å². The number of fused-ring (bicyclic) bond motifs is 1. The molecule has 1 fully saturated rings. The molecule has 1 aliphatic heterocycles. The number of pyridine rings is 1. The van der Waals surface area contributed by atoms with Crippen LogP contribution in [0.3, 0.4) is 0 Å². The molecule has 2 atom stereocenters. The largest absolute Gasteiger partial charge is 0.481 e. The highest BCUT2D eigenvalue weighted by Gasteiger charge is 2.38. The molecule has 7 heteroatoms. The van der Waals surface area contributed by atoms with Crippen LogP contribution in [0.4, 0.5) is 5.82 Å². The van der Waals surface area contributed by atoms with Gasteiger partial charge in [-0.1, -0.05) is 0 Å². The van der Waals surface area contributed by atoms with Gasteiger partial charge in [0.25, 0.3) is 0 Å². The highest BCUT2D eigenvalue weighted by atomic mass is 16.5. The number of imidazole rings is 1. The van der Waals surface area contributed by atoms with Gasteiger partial charge in [-0.2, -0.15) is 0 Å². The van der Waals surface area contributed by atoms with E-state index in [-0.39, 0.29) is 12.6 Å². The van der Waals surface area contributed by atoms with Crippen LogP contribution in [0.2, 0.25) is 0 Å². The van der Waals surface area contributed by atoms with Crippen molar-refractivity contribution in [1.29, 1.82) is 0 Å². The number of hydrogen-bond donors (Lipinski definition) is 1. The maximum atomic E-state index is 11.4. The number of aromatic nitrogens is 3. The van der Waals surface area contributed by atoms with Crippen LogP contribution in [0.25, 0.3) is 11.0 Å². The fourth-order valence-corrected chi connectivity index (χ4v) is 2.89. The van der Waals surface area contributed by atoms with E-state index in [0.717, 1.165) is 16.9 Å². The molecule has 0 saturated carbocycles. The molecule has 0 spiro atoms. The van der Waals surface area contributed by atoms with Crippen molar-refractivity contribution in [2.45, 2.75) is 13.0 Å². The van der Waals surface area contributed by atoms with Gasteiger partial charge in [-0.3, -0.25) is 4.79 Å². The molecule has 0 aliphatic carbocycles. The summed E-state index contributed by atoms with van der Waals surface area (Å²) in [6.07, 6.45) is 3.47. The third-order valence-corrected chi connectivity index (χ3v) is 4.00. The van der Waals surface area contributed by atoms with Gasteiger partial charge < -0.3 is 19.3 Å². The number of nitrogens with zero attached hydrogens (tertiary/aromatic N) is 4. The maximum absolute atomic E-state index is 11.4. The number of anilines is 1. The molecule has 0 radical (unpaired) electrons. The second kappa shape index (κ2) is 5.33. The molecule has 2 unspecified atom stereocenters. The lowest BCUT2D eigenvalue weighted by atomic mass is 10.0. The number of aliphatic carboxylic acids is 1. The van der Waals surface area contributed by atoms with E-state index < -0.39 is 11.9 Å². The number of rotatable bonds is 4. The SMILES string of the molecule is CCN(c1nccc2c1ncn2C)C1COCC1C(=O)O. The predicted molar refractivity (Wildman–Crippen MR) is 77.3 cm³/mol. The Bertz CT molecular complexity index is 669. The normalized spacial score (nSPS) is 21.8. The van der Waals surface area contributed by atoms with Crippen molar-refractivity contribution in [3.8, 4) is 0 Å². The minimum atomic E-state index is -0.829. The van der Waals surface area contributed by atoms with Gasteiger partial charge >= 0.3 is 5.97 Å². The smallest absolute Gasteiger partial charge is 0.311 e. The first kappa shape index (κ1) is 13.8. The molecule has 1 saturated heterocycles. The Hall–Kier alpha value is -2.15. The summed E-state index contributed by atoms with van der Waals surface area (Å²) in [5.41, 5.74) is 1.77. The fourth-order valence-electron chi connectivity index (χ4n) is 2.89. The summed E-state index contributed by atoms with van der Waals surface area (Å²) in [5.74, 6) is -0.646. The molecule has 2 aromatic heterocycles. The number of hydrogen-bond acceptors (Lipinski definition) is 5. The highest BCUT2D eigenvalue weighted by Crippen LogP contribution is 2.29. The summed E-state index contributed by atoms with van der Waals surface area (Å²) in [4.78, 5) is 22.2. The van der Waals surface area contributed by atoms with Crippen molar-refractivity contribution in [2.24, 2.45) is 13.0 Å². The summed E-state index contributed by atoms with van der Waals surface area (Å²) < 4.78 is 7.30. The zero-order chi connectivity index (χ0) is 15.0. The van der Waals surface area contributed by atoms with E-state index in [9.17, 15) is 9.90 Å². The predicted octanol–water partition coefficient (Wildman–Crippen LogP) is 0.894. The summed E-state index contributed by atoms with van der Waals surface area (Å²) in [5, 5.41) is 9.35. The number of ether oxygens (including phenoxy) is 1. The monoisotopic (exact) mass is 290 g/mol. The Balaban J connectivity index is 2.04. The lowest BCUT2D eigenvalue weighted by Crippen LogP contribution is -2.43. The van der Waals surface area contributed by atoms with Gasteiger partial charge in [0.1, 0.15) is 11.4 Å². The molecule has 0 aromatic carbocycles. The second-order valence-electron chi connectivity index (χ2n) is 5.19. The quantitative estimate of drug-likeness (QED) is 0.901. The van der Waals surface area contributed by atoms with Crippen molar-refractivity contribution in [3.63, 3.8) is 0 Å². The van der Waals surface area contributed by atoms with E-state index in [1.165, 1.54) is 0 Å². The molecular formula is C14H18N4O3. The van der Waals surface area contributed by atoms with Crippen LogP contribution in [0.15, 0.2) is 18.6 Å². The molecule has 0 bridgehead atoms. The van der Waals surface area contributed by atoms with Crippen molar-refractivity contribution in [2.75, 3.05) is 24.7 Å². The van der Waals surface area contributed by atoms with Gasteiger partial charge in [-0.25, -0.2) is 9.97 Å². The van der Waals surface area contributed by atoms with Crippen LogP contribution in [0.1, 0.15) is 6.92 Å². The third kappa shape index (κ3) is 2.23. The zero-order valence-corrected chi connectivity index (χ0v) is 12.1. The number of carboxylic acid groups (broad SMARTS) is 1. The highest BCUT2D eigenvalue weighted by molar-refractivity contribution is 5.87. The van der Waals surface area contributed by atoms with Gasteiger partial charge in [-0.15, -0.1) is 0 Å². The first-order valence-corrected chi connectivity index (χ1v) is 6.96. The topological polar surface area (TPSA) is 80.5 Å². The molecule has 1 aliphatic rings. The standard InChI is InChI=1S/C14H18N4O3/c1-3-18(11-7-21-6-9(11)14(19)20)13-12-10(4-5-15-13)17(2)8-16-12/h4-5,8-9,11H,3,6-7H2,1-2H3,(H,19,20). The average molecular weight is 290 g/mol. The maximum Gasteiger partial charge on any atom is 0.311 e. The number of likely N-dealkylation sites (N-methyl/N-ethyl adjacent to an activating group) is 1. The van der Waals surface area contributed by atoms with Crippen LogP contribution in [-0.4, -0.2) is 51.4 Å². The zero-order valence-electron chi connectivity index (χ0n) is 12.1. The van der Waals surface area contributed by atoms with Gasteiger partial charge in [0.2, 0.25) is 0 Å². The van der Waals surface area contributed by atoms with Crippen molar-refractivity contribution in [1.82, 2.24) is 14.5 Å². The number of carbonyl (C=O) groups is 1. The second-order valence-corrected chi connectivity index (χ2v) is 5.19. The van der Waals surface area contributed by atoms with Gasteiger partial charge in [0.05, 0.1) is 31.1 Å². The first-order chi connectivity index (χ1) is 10.1. The summed E-state index contributed by atoms with van der Waals surface area (Å²) in [6.45, 7) is 3.28. The molecule has 3 rings (SSSR count). The number of carboxylic acids is 1. The summed E-state index contributed by atoms with van der Waals surface area (Å²) >= 11 is 0. The Morgan fingerprint density at radius 2 is 2.33 bits per heavy atom. The molecule has 0 amide bonds. The fraction of sp³-hybridized carbons (Fsp3) is 0.500. The summed E-state index contributed by atoms with van der Waals surface area (Å²) in [6, 6.07) is 1.69. The molecule has 1 N–H and O–H groups in total. The van der Waals surface area contributed by atoms with E-state index >= 15 is 0 Å².